The lowest BCUT2D eigenvalue weighted by Gasteiger charge is -2.26. The van der Waals surface area contributed by atoms with E-state index in [-0.39, 0.29) is 28.0 Å². The fraction of sp³-hybridized carbons (Fsp3) is 0.238. The number of amides is 1. The third kappa shape index (κ3) is 5.28. The van der Waals surface area contributed by atoms with E-state index in [2.05, 4.69) is 9.97 Å². The highest BCUT2D eigenvalue weighted by atomic mass is 35.5. The highest BCUT2D eigenvalue weighted by Gasteiger charge is 2.37. The predicted octanol–water partition coefficient (Wildman–Crippen LogP) is 5.63. The monoisotopic (exact) mass is 516 g/mol. The molecular weight excluding hydrogens is 500 g/mol. The number of rotatable bonds is 7. The van der Waals surface area contributed by atoms with Crippen LogP contribution in [0.3, 0.4) is 0 Å². The lowest BCUT2D eigenvalue weighted by atomic mass is 10.1. The Kier molecular flexibility index (Phi) is 7.41. The van der Waals surface area contributed by atoms with Gasteiger partial charge in [-0.15, -0.1) is 11.3 Å². The van der Waals surface area contributed by atoms with Crippen LogP contribution in [0.2, 0.25) is 5.02 Å². The summed E-state index contributed by atoms with van der Waals surface area (Å²) in [5.74, 6) is -3.37. The van der Waals surface area contributed by atoms with Crippen LogP contribution in [0.5, 0.6) is 0 Å². The molecule has 34 heavy (non-hydrogen) atoms. The number of nitrogens with zero attached hydrogens (tertiary/aromatic N) is 4. The van der Waals surface area contributed by atoms with Gasteiger partial charge in [-0.1, -0.05) is 17.7 Å². The van der Waals surface area contributed by atoms with E-state index in [1.54, 1.807) is 14.0 Å². The van der Waals surface area contributed by atoms with Crippen molar-refractivity contribution in [1.29, 1.82) is 0 Å². The highest BCUT2D eigenvalue weighted by Crippen LogP contribution is 2.38. The van der Waals surface area contributed by atoms with Gasteiger partial charge < -0.3 is 10.0 Å². The minimum atomic E-state index is -4.97. The Labute approximate surface area is 200 Å². The second-order valence-electron chi connectivity index (χ2n) is 7.18. The molecule has 13 heteroatoms. The van der Waals surface area contributed by atoms with Gasteiger partial charge >= 0.3 is 12.1 Å². The lowest BCUT2D eigenvalue weighted by molar-refractivity contribution is -0.140. The van der Waals surface area contributed by atoms with Crippen LogP contribution in [-0.4, -0.2) is 40.0 Å². The van der Waals surface area contributed by atoms with E-state index in [9.17, 15) is 27.2 Å². The van der Waals surface area contributed by atoms with Gasteiger partial charge in [0.2, 0.25) is 0 Å². The number of carbonyl (C=O) groups is 2. The summed E-state index contributed by atoms with van der Waals surface area (Å²) >= 11 is 7.20. The molecule has 0 radical (unpaired) electrons. The number of alkyl halides is 3. The maximum Gasteiger partial charge on any atom is 0.419 e. The molecule has 1 aromatic carbocycles. The Morgan fingerprint density at radius 3 is 2.53 bits per heavy atom. The first-order chi connectivity index (χ1) is 15.9. The standard InChI is InChI=1S/C21H17ClF4N4O3S/c1-11(8-16(31)32)29(2)18-14(22)9-12(10-28-18)19(33)30(20-27-6-7-34-20)15-5-3-4-13(17(15)23)21(24,25)26/h3-7,9-11H,8H2,1-2H3,(H,31,32). The Hall–Kier alpha value is -3.25. The van der Waals surface area contributed by atoms with E-state index in [1.165, 1.54) is 22.5 Å². The molecule has 0 aliphatic rings. The smallest absolute Gasteiger partial charge is 0.419 e. The van der Waals surface area contributed by atoms with Crippen molar-refractivity contribution in [2.24, 2.45) is 0 Å². The molecule has 180 valence electrons. The minimum absolute atomic E-state index is 0.00538. The molecule has 0 bridgehead atoms. The van der Waals surface area contributed by atoms with Gasteiger partial charge in [-0.05, 0) is 25.1 Å². The van der Waals surface area contributed by atoms with E-state index < -0.39 is 41.2 Å². The van der Waals surface area contributed by atoms with Crippen LogP contribution in [0.25, 0.3) is 0 Å². The number of anilines is 3. The summed E-state index contributed by atoms with van der Waals surface area (Å²) < 4.78 is 54.6. The number of hydrogen-bond donors (Lipinski definition) is 1. The Balaban J connectivity index is 2.03. The third-order valence-electron chi connectivity index (χ3n) is 4.87. The topological polar surface area (TPSA) is 86.6 Å². The van der Waals surface area contributed by atoms with Gasteiger partial charge in [0.1, 0.15) is 5.82 Å². The number of pyridine rings is 1. The van der Waals surface area contributed by atoms with Crippen LogP contribution >= 0.6 is 22.9 Å². The van der Waals surface area contributed by atoms with Gasteiger partial charge in [-0.2, -0.15) is 13.2 Å². The molecule has 2 heterocycles. The normalized spacial score (nSPS) is 12.3. The molecule has 1 amide bonds. The molecule has 3 rings (SSSR count). The van der Waals surface area contributed by atoms with Crippen LogP contribution in [0.4, 0.5) is 34.2 Å². The van der Waals surface area contributed by atoms with Gasteiger partial charge in [0, 0.05) is 30.9 Å². The van der Waals surface area contributed by atoms with E-state index >= 15 is 0 Å². The number of halogens is 5. The fourth-order valence-electron chi connectivity index (χ4n) is 3.07. The van der Waals surface area contributed by atoms with Gasteiger partial charge in [-0.25, -0.2) is 19.3 Å². The zero-order valence-corrected chi connectivity index (χ0v) is 19.2. The van der Waals surface area contributed by atoms with E-state index in [0.29, 0.717) is 6.07 Å². The maximum absolute atomic E-state index is 14.9. The molecule has 0 saturated carbocycles. The Bertz CT molecular complexity index is 1210. The summed E-state index contributed by atoms with van der Waals surface area (Å²) in [6.07, 6.45) is -2.72. The predicted molar refractivity (Wildman–Crippen MR) is 119 cm³/mol. The van der Waals surface area contributed by atoms with Crippen LogP contribution in [-0.2, 0) is 11.0 Å². The second-order valence-corrected chi connectivity index (χ2v) is 8.46. The van der Waals surface area contributed by atoms with Gasteiger partial charge in [-0.3, -0.25) is 9.59 Å². The number of carboxylic acids is 1. The number of aliphatic carboxylic acids is 1. The maximum atomic E-state index is 14.9. The molecule has 1 atom stereocenters. The van der Waals surface area contributed by atoms with E-state index in [4.69, 9.17) is 16.7 Å². The molecule has 2 aromatic heterocycles. The molecule has 3 aromatic rings. The number of benzene rings is 1. The van der Waals surface area contributed by atoms with Crippen LogP contribution in [0.1, 0.15) is 29.3 Å². The third-order valence-corrected chi connectivity index (χ3v) is 5.91. The second kappa shape index (κ2) is 9.94. The van der Waals surface area contributed by atoms with Gasteiger partial charge in [0.15, 0.2) is 10.9 Å². The van der Waals surface area contributed by atoms with E-state index in [1.807, 2.05) is 0 Å². The quantitative estimate of drug-likeness (QED) is 0.410. The van der Waals surface area contributed by atoms with Crippen molar-refractivity contribution in [3.8, 4) is 0 Å². The number of aromatic nitrogens is 2. The van der Waals surface area contributed by atoms with Crippen molar-refractivity contribution >= 4 is 51.5 Å². The van der Waals surface area contributed by atoms with E-state index in [0.717, 1.165) is 34.6 Å². The molecule has 1 N–H and O–H groups in total. The number of hydrogen-bond acceptors (Lipinski definition) is 6. The molecule has 0 spiro atoms. The first-order valence-electron chi connectivity index (χ1n) is 9.61. The Morgan fingerprint density at radius 1 is 1.26 bits per heavy atom. The number of thiazole rings is 1. The summed E-state index contributed by atoms with van der Waals surface area (Å²) in [5.41, 5.74) is -2.30. The molecule has 0 aliphatic carbocycles. The summed E-state index contributed by atoms with van der Waals surface area (Å²) in [6.45, 7) is 1.64. The van der Waals surface area contributed by atoms with Crippen molar-refractivity contribution in [3.05, 3.63) is 64.0 Å². The van der Waals surface area contributed by atoms with Crippen LogP contribution in [0, 0.1) is 5.82 Å². The lowest BCUT2D eigenvalue weighted by Crippen LogP contribution is -2.32. The van der Waals surface area contributed by atoms with Crippen molar-refractivity contribution in [2.75, 3.05) is 16.8 Å². The van der Waals surface area contributed by atoms with Crippen LogP contribution in [0.15, 0.2) is 42.0 Å². The number of carbonyl (C=O) groups excluding carboxylic acids is 1. The zero-order chi connectivity index (χ0) is 25.2. The first-order valence-corrected chi connectivity index (χ1v) is 10.9. The zero-order valence-electron chi connectivity index (χ0n) is 17.7. The fourth-order valence-corrected chi connectivity index (χ4v) is 4.02. The first kappa shape index (κ1) is 25.4. The average Bonchev–Trinajstić information content (AvgIpc) is 3.27. The summed E-state index contributed by atoms with van der Waals surface area (Å²) in [5, 5.41) is 10.4. The van der Waals surface area contributed by atoms with Gasteiger partial charge in [0.05, 0.1) is 28.3 Å². The molecule has 0 aliphatic heterocycles. The number of carboxylic acid groups (broad SMARTS) is 1. The van der Waals surface area contributed by atoms with Gasteiger partial charge in [0.25, 0.3) is 5.91 Å². The van der Waals surface area contributed by atoms with Crippen molar-refractivity contribution < 1.29 is 32.3 Å². The molecule has 7 nitrogen and oxygen atoms in total. The molecule has 0 saturated heterocycles. The van der Waals surface area contributed by atoms with Crippen molar-refractivity contribution in [2.45, 2.75) is 25.6 Å². The average molecular weight is 517 g/mol. The molecule has 1 unspecified atom stereocenters. The molecule has 0 fully saturated rings. The largest absolute Gasteiger partial charge is 0.481 e. The van der Waals surface area contributed by atoms with Crippen molar-refractivity contribution in [1.82, 2.24) is 9.97 Å². The SMILES string of the molecule is CC(CC(=O)O)N(C)c1ncc(C(=O)N(c2nccs2)c2cccc(C(F)(F)F)c2F)cc1Cl. The van der Waals surface area contributed by atoms with Crippen molar-refractivity contribution in [3.63, 3.8) is 0 Å². The summed E-state index contributed by atoms with van der Waals surface area (Å²) in [4.78, 5) is 34.6. The molecular formula is C21H17ClF4N4O3S. The summed E-state index contributed by atoms with van der Waals surface area (Å²) in [7, 11) is 1.57. The van der Waals surface area contributed by atoms with Crippen LogP contribution < -0.4 is 9.80 Å². The summed E-state index contributed by atoms with van der Waals surface area (Å²) in [6, 6.07) is 3.35. The highest BCUT2D eigenvalue weighted by molar-refractivity contribution is 7.13. The Morgan fingerprint density at radius 2 is 1.97 bits per heavy atom. The minimum Gasteiger partial charge on any atom is -0.481 e.